The maximum absolute atomic E-state index is 15.3. The Hall–Kier alpha value is -10.7. The normalized spacial score (nSPS) is 11.4. The van der Waals surface area contributed by atoms with Crippen LogP contribution >= 0.6 is 0 Å². The van der Waals surface area contributed by atoms with Crippen molar-refractivity contribution in [1.82, 2.24) is 26.6 Å². The van der Waals surface area contributed by atoms with Crippen LogP contribution in [0.15, 0.2) is 97.1 Å². The number of carbonyl (C=O) groups excluding carboxylic acids is 5. The topological polar surface area (TPSA) is 498 Å². The van der Waals surface area contributed by atoms with Crippen LogP contribution in [0.25, 0.3) is 0 Å². The summed E-state index contributed by atoms with van der Waals surface area (Å²) in [4.78, 5) is 70.6. The second-order valence-corrected chi connectivity index (χ2v) is 31.2. The van der Waals surface area contributed by atoms with E-state index in [1.165, 1.54) is 54.6 Å². The number of phenols is 6. The molecule has 0 saturated carbocycles. The summed E-state index contributed by atoms with van der Waals surface area (Å²) in [6.07, 6.45) is 1.95. The summed E-state index contributed by atoms with van der Waals surface area (Å²) in [5.74, 6) is -4.44. The molecule has 11 N–H and O–H groups in total. The zero-order chi connectivity index (χ0) is 101. The number of nitrogens with one attached hydrogen (secondary N) is 5. The molecule has 140 heavy (non-hydrogen) atoms. The zero-order valence-corrected chi connectivity index (χ0v) is 81.7. The third kappa shape index (κ3) is 48.2. The van der Waals surface area contributed by atoms with Crippen molar-refractivity contribution in [1.29, 1.82) is 0 Å². The molecule has 0 aromatic heterocycles. The second-order valence-electron chi connectivity index (χ2n) is 31.2. The zero-order valence-electron chi connectivity index (χ0n) is 81.7. The smallest absolute Gasteiger partial charge is 0.255 e. The number of hydrogen-bond donors (Lipinski definition) is 11. The summed E-state index contributed by atoms with van der Waals surface area (Å²) in [5, 5.41) is 76.6. The number of phenolic OH excluding ortho intramolecular Hbond substituents is 6. The molecule has 6 aromatic carbocycles. The Morgan fingerprint density at radius 3 is 0.871 bits per heavy atom. The van der Waals surface area contributed by atoms with Gasteiger partial charge < -0.3 is 176 Å². The number of aromatic hydroxyl groups is 6. The van der Waals surface area contributed by atoms with Gasteiger partial charge in [-0.25, -0.2) is 0 Å². The molecule has 5 amide bonds. The quantitative estimate of drug-likeness (QED) is 0.0128. The number of methoxy groups -OCH3 is 6. The van der Waals surface area contributed by atoms with E-state index in [4.69, 9.17) is 118 Å². The van der Waals surface area contributed by atoms with Crippen LogP contribution in [0.3, 0.4) is 0 Å². The highest BCUT2D eigenvalue weighted by molar-refractivity contribution is 5.99. The van der Waals surface area contributed by atoms with Gasteiger partial charge in [-0.3, -0.25) is 24.0 Å². The van der Waals surface area contributed by atoms with Gasteiger partial charge in [0.05, 0.1) is 208 Å². The molecule has 0 saturated heterocycles. The Bertz CT molecular complexity index is 4000. The van der Waals surface area contributed by atoms with E-state index in [1.807, 2.05) is 12.1 Å². The number of para-hydroxylation sites is 3. The van der Waals surface area contributed by atoms with Crippen molar-refractivity contribution >= 4 is 29.5 Å². The van der Waals surface area contributed by atoms with E-state index >= 15 is 4.79 Å². The van der Waals surface area contributed by atoms with Crippen molar-refractivity contribution in [2.75, 3.05) is 307 Å². The van der Waals surface area contributed by atoms with Crippen molar-refractivity contribution in [3.63, 3.8) is 0 Å². The van der Waals surface area contributed by atoms with Gasteiger partial charge in [0.25, 0.3) is 23.6 Å². The van der Waals surface area contributed by atoms with Crippen LogP contribution in [0.1, 0.15) is 109 Å². The molecule has 0 aliphatic carbocycles. The van der Waals surface area contributed by atoms with Gasteiger partial charge >= 0.3 is 0 Å². The summed E-state index contributed by atoms with van der Waals surface area (Å²) in [5.41, 5.74) is 0.0663. The molecule has 0 spiro atoms. The minimum atomic E-state index is -1.32. The van der Waals surface area contributed by atoms with Crippen LogP contribution in [0.5, 0.6) is 74.7 Å². The average Bonchev–Trinajstić information content (AvgIpc) is 0.808. The highest BCUT2D eigenvalue weighted by Gasteiger charge is 2.37. The minimum Gasteiger partial charge on any atom is -0.504 e. The largest absolute Gasteiger partial charge is 0.504 e. The van der Waals surface area contributed by atoms with Gasteiger partial charge in [-0.1, -0.05) is 18.2 Å². The Kier molecular flexibility index (Phi) is 62.7. The van der Waals surface area contributed by atoms with Gasteiger partial charge in [0.2, 0.25) is 11.7 Å². The molecule has 6 rings (SSSR count). The first-order valence-electron chi connectivity index (χ1n) is 47.1. The first kappa shape index (κ1) is 118. The predicted octanol–water partition coefficient (Wildman–Crippen LogP) is 7.84. The minimum absolute atomic E-state index is 0.00726. The SMILES string of the molecule is COCCOCCOCCCc1c(OCCOCCOCCOC)cc(COc2cc(OCc3cc(OCCOCCOCCOC)c(OCCOCCOCCOC)c(OCCOCCOCCOC)c3)cc(C(=O)NCCCNC(=O)C(CCCNC(=O)c3cccc(O)c3O)(CCCNC(=O)c3cccc(O)c3O)CCCNC(=O)c3cccc(O)c3O)c2)cc1OCCOCCOCCOC. The molecule has 0 radical (unpaired) electrons. The van der Waals surface area contributed by atoms with E-state index in [0.29, 0.717) is 181 Å². The standard InChI is InChI=1S/C99H147N5O36/c1-116-31-37-123-44-43-122-30-10-18-79-86(134-60-55-129-50-45-124-38-32-117-2)65-74(66-87(79)135-61-56-130-51-46-125-39-33-118-3)72-139-77-69-76(70-78(71-77)140-73-75-67-88(136-62-57-131-52-47-126-40-34-119-4)93(138-64-59-133-54-49-128-42-36-121-6)89(68-75)137-63-58-132-53-48-127-41-35-120-5)94(111)100-28-14-29-104-98(115)99(22-11-25-101-95(112)80-15-7-19-83(105)90(80)108,23-12-26-102-96(113)81-16-8-20-84(106)91(81)109)24-13-27-103-97(114)82-17-9-21-85(107)92(82)110/h7-9,15-17,19-21,65-71,105-110H,10-14,18,22-64,72-73H2,1-6H3,(H,100,111)(H,101,112)(H,102,113)(H,103,114)(H,104,115). The molecule has 41 heteroatoms. The molecule has 0 aliphatic rings. The van der Waals surface area contributed by atoms with Crippen molar-refractivity contribution in [3.05, 3.63) is 136 Å². The molecule has 0 unspecified atom stereocenters. The number of rotatable bonds is 87. The van der Waals surface area contributed by atoms with Gasteiger partial charge in [0.15, 0.2) is 46.0 Å². The van der Waals surface area contributed by atoms with Crippen LogP contribution < -0.4 is 59.7 Å². The van der Waals surface area contributed by atoms with Gasteiger partial charge in [-0.05, 0) is 142 Å². The van der Waals surface area contributed by atoms with Crippen molar-refractivity contribution in [2.24, 2.45) is 5.41 Å². The highest BCUT2D eigenvalue weighted by Crippen LogP contribution is 2.42. The monoisotopic (exact) mass is 1980 g/mol. The van der Waals surface area contributed by atoms with Crippen molar-refractivity contribution in [3.8, 4) is 74.7 Å². The number of carbonyl (C=O) groups is 5. The van der Waals surface area contributed by atoms with Gasteiger partial charge in [0.1, 0.15) is 69.2 Å². The van der Waals surface area contributed by atoms with E-state index in [2.05, 4.69) is 26.6 Å². The Balaban J connectivity index is 1.37. The molecule has 6 aromatic rings. The summed E-state index contributed by atoms with van der Waals surface area (Å²) in [6, 6.07) is 23.8. The van der Waals surface area contributed by atoms with E-state index < -0.39 is 69.4 Å². The molecular formula is C99H147N5O36. The molecular weight excluding hydrogens is 1840 g/mol. The fraction of sp³-hybridized carbons (Fsp3) is 0.586. The fourth-order valence-electron chi connectivity index (χ4n) is 13.5. The van der Waals surface area contributed by atoms with Crippen LogP contribution in [-0.4, -0.2) is 367 Å². The third-order valence-corrected chi connectivity index (χ3v) is 20.8. The molecule has 784 valence electrons. The number of amides is 5. The van der Waals surface area contributed by atoms with Gasteiger partial charge in [-0.2, -0.15) is 0 Å². The number of ether oxygens (including phenoxy) is 25. The van der Waals surface area contributed by atoms with Crippen LogP contribution in [-0.2, 0) is 110 Å². The van der Waals surface area contributed by atoms with Crippen LogP contribution in [0.4, 0.5) is 0 Å². The average molecular weight is 1980 g/mol. The second kappa shape index (κ2) is 74.3. The lowest BCUT2D eigenvalue weighted by atomic mass is 9.74. The van der Waals surface area contributed by atoms with E-state index in [9.17, 15) is 49.8 Å². The Morgan fingerprint density at radius 2 is 0.543 bits per heavy atom. The lowest BCUT2D eigenvalue weighted by Gasteiger charge is -2.33. The summed E-state index contributed by atoms with van der Waals surface area (Å²) in [6.45, 7) is 10.3. The van der Waals surface area contributed by atoms with Crippen molar-refractivity contribution in [2.45, 2.75) is 71.0 Å². The molecule has 41 nitrogen and oxygen atoms in total. The Labute approximate surface area is 819 Å². The number of hydrogen-bond acceptors (Lipinski definition) is 36. The van der Waals surface area contributed by atoms with Gasteiger partial charge in [0, 0.05) is 105 Å². The lowest BCUT2D eigenvalue weighted by molar-refractivity contribution is -0.132. The highest BCUT2D eigenvalue weighted by atomic mass is 16.6. The van der Waals surface area contributed by atoms with E-state index in [0.717, 1.165) is 5.56 Å². The Morgan fingerprint density at radius 1 is 0.271 bits per heavy atom. The summed E-state index contributed by atoms with van der Waals surface area (Å²) < 4.78 is 146. The van der Waals surface area contributed by atoms with E-state index in [1.54, 1.807) is 73.0 Å². The maximum atomic E-state index is 15.3. The number of benzene rings is 6. The molecule has 0 fully saturated rings. The van der Waals surface area contributed by atoms with E-state index in [-0.39, 0.29) is 228 Å². The van der Waals surface area contributed by atoms with Crippen molar-refractivity contribution < 1.29 is 173 Å². The lowest BCUT2D eigenvalue weighted by Crippen LogP contribution is -2.43. The summed E-state index contributed by atoms with van der Waals surface area (Å²) >= 11 is 0. The first-order chi connectivity index (χ1) is 68.4. The predicted molar refractivity (Wildman–Crippen MR) is 511 cm³/mol. The fourth-order valence-corrected chi connectivity index (χ4v) is 13.5. The van der Waals surface area contributed by atoms with Crippen LogP contribution in [0, 0.1) is 5.41 Å². The third-order valence-electron chi connectivity index (χ3n) is 20.8. The summed E-state index contributed by atoms with van der Waals surface area (Å²) in [7, 11) is 9.58. The maximum Gasteiger partial charge on any atom is 0.255 e. The molecule has 0 bridgehead atoms. The first-order valence-corrected chi connectivity index (χ1v) is 47.1. The molecule has 0 heterocycles. The van der Waals surface area contributed by atoms with Gasteiger partial charge in [-0.15, -0.1) is 0 Å². The molecule has 0 atom stereocenters. The van der Waals surface area contributed by atoms with Crippen LogP contribution in [0.2, 0.25) is 0 Å². The molecule has 0 aliphatic heterocycles.